The Bertz CT molecular complexity index is 2270. The Morgan fingerprint density at radius 3 is 1.22 bits per heavy atom. The van der Waals surface area contributed by atoms with Crippen molar-refractivity contribution in [3.05, 3.63) is 129 Å². The monoisotopic (exact) mass is 1040 g/mol. The number of halogens is 8. The van der Waals surface area contributed by atoms with Gasteiger partial charge in [0.2, 0.25) is 0 Å². The molecule has 2 aliphatic carbocycles. The van der Waals surface area contributed by atoms with Crippen molar-refractivity contribution in [1.82, 2.24) is 10.5 Å². The van der Waals surface area contributed by atoms with E-state index in [0.717, 1.165) is 12.1 Å². The summed E-state index contributed by atoms with van der Waals surface area (Å²) in [4.78, 5) is 27.4. The summed E-state index contributed by atoms with van der Waals surface area (Å²) in [6.07, 6.45) is -5.64. The molecule has 0 spiro atoms. The number of hydrogen-bond donors (Lipinski definition) is 2. The molecule has 0 saturated carbocycles. The summed E-state index contributed by atoms with van der Waals surface area (Å²) in [6.45, 7) is 15.0. The van der Waals surface area contributed by atoms with Gasteiger partial charge in [-0.25, -0.2) is 0 Å². The molecule has 317 valence electrons. The number of nitrogens with one attached hydrogen (secondary N) is 2. The Balaban J connectivity index is 1.78. The summed E-state index contributed by atoms with van der Waals surface area (Å²) >= 11 is -6.84. The second kappa shape index (κ2) is 15.9. The zero-order valence-corrected chi connectivity index (χ0v) is 39.8. The zero-order valence-electron chi connectivity index (χ0n) is 34.7. The molecular weight excluding hydrogens is 987 g/mol. The van der Waals surface area contributed by atoms with E-state index < -0.39 is 74.0 Å². The summed E-state index contributed by atoms with van der Waals surface area (Å²) in [5, 5.41) is 6.07. The molecule has 0 heterocycles. The number of carbonyl (C=O) groups is 2. The van der Waals surface area contributed by atoms with Crippen molar-refractivity contribution in [2.24, 2.45) is 10.8 Å². The van der Waals surface area contributed by atoms with Crippen LogP contribution in [0.1, 0.15) is 109 Å². The molecule has 2 atom stereocenters. The Morgan fingerprint density at radius 2 is 0.900 bits per heavy atom. The van der Waals surface area contributed by atoms with Gasteiger partial charge >= 0.3 is 358 Å². The fraction of sp³-hybridized carbons (Fsp3) is 0.348. The van der Waals surface area contributed by atoms with Crippen LogP contribution in [0.4, 0.5) is 26.3 Å². The van der Waals surface area contributed by atoms with Crippen LogP contribution in [-0.2, 0) is 37.8 Å². The normalized spacial score (nSPS) is 17.5. The number of hydrogen-bond acceptors (Lipinski definition) is 2. The first-order chi connectivity index (χ1) is 27.7. The van der Waals surface area contributed by atoms with Gasteiger partial charge in [-0.1, -0.05) is 0 Å². The van der Waals surface area contributed by atoms with Crippen molar-refractivity contribution in [1.29, 1.82) is 0 Å². The first kappa shape index (κ1) is 45.9. The first-order valence-electron chi connectivity index (χ1n) is 19.9. The summed E-state index contributed by atoms with van der Waals surface area (Å²) in [5.41, 5.74) is 0.794. The standard InChI is InChI=1S/2C20H18F3.C6H11BN2O2.2ClH.Hf/c2*1-19(2,3)14-11-13-7-6-9-15(17(13)12-14)16-8-4-5-10-18(16)20(21,22)23;1-3-5(10)8-7-9-6(11)4-2;;;/h2*4-12H,1-3H3;3-4H2,1-2H3,(H-,8,9,10,11);2*1H;/q;;;;;+1/p-1. The van der Waals surface area contributed by atoms with Crippen LogP contribution in [0.2, 0.25) is 0 Å². The van der Waals surface area contributed by atoms with Gasteiger partial charge in [-0.05, 0) is 0 Å². The molecule has 4 nitrogen and oxygen atoms in total. The van der Waals surface area contributed by atoms with Gasteiger partial charge < -0.3 is 0 Å². The maximum atomic E-state index is 14.6. The van der Waals surface area contributed by atoms with Gasteiger partial charge in [0.25, 0.3) is 0 Å². The third-order valence-corrected chi connectivity index (χ3v) is 39.9. The summed E-state index contributed by atoms with van der Waals surface area (Å²) in [6, 6.07) is 20.8. The maximum absolute atomic E-state index is 14.6. The minimum atomic E-state index is -6.84. The van der Waals surface area contributed by atoms with Gasteiger partial charge in [0.1, 0.15) is 0 Å². The molecule has 2 N–H and O–H groups in total. The number of benzene rings is 4. The number of fused-ring (bicyclic) bond motifs is 2. The molecule has 2 aliphatic rings. The Morgan fingerprint density at radius 1 is 0.567 bits per heavy atom. The molecular formula is C46H48BCl2F6HfN2O2. The number of alkyl halides is 6. The molecule has 0 bridgehead atoms. The fourth-order valence-electron chi connectivity index (χ4n) is 9.03. The molecule has 4 aromatic rings. The summed E-state index contributed by atoms with van der Waals surface area (Å²) < 4.78 is 84.6. The first-order valence-corrected chi connectivity index (χ1v) is 35.1. The topological polar surface area (TPSA) is 58.2 Å². The van der Waals surface area contributed by atoms with Crippen molar-refractivity contribution < 1.29 is 51.8 Å². The quantitative estimate of drug-likeness (QED) is 0.130. The van der Waals surface area contributed by atoms with E-state index in [2.05, 4.69) is 10.5 Å². The number of rotatable bonds is 9. The Labute approximate surface area is 356 Å². The molecule has 2 amide bonds. The molecule has 4 aromatic carbocycles. The van der Waals surface area contributed by atoms with E-state index in [1.807, 2.05) is 53.7 Å². The van der Waals surface area contributed by atoms with Crippen LogP contribution >= 0.6 is 17.2 Å². The molecule has 0 aromatic heterocycles. The van der Waals surface area contributed by atoms with Gasteiger partial charge in [-0.15, -0.1) is 0 Å². The zero-order chi connectivity index (χ0) is 44.4. The number of amides is 2. The third kappa shape index (κ3) is 8.10. The van der Waals surface area contributed by atoms with E-state index in [-0.39, 0.29) is 24.0 Å². The van der Waals surface area contributed by atoms with Gasteiger partial charge in [0, 0.05) is 0 Å². The molecule has 14 heteroatoms. The molecule has 0 aliphatic heterocycles. The van der Waals surface area contributed by atoms with Crippen molar-refractivity contribution in [2.75, 3.05) is 0 Å². The third-order valence-electron chi connectivity index (χ3n) is 11.8. The minimum absolute atomic E-state index is 0.00228. The molecule has 60 heavy (non-hydrogen) atoms. The van der Waals surface area contributed by atoms with Gasteiger partial charge in [-0.2, -0.15) is 0 Å². The summed E-state index contributed by atoms with van der Waals surface area (Å²) in [5.74, 6) is -0.916. The fourth-order valence-corrected chi connectivity index (χ4v) is 39.3. The van der Waals surface area contributed by atoms with Crippen molar-refractivity contribution in [3.63, 3.8) is 0 Å². The molecule has 0 radical (unpaired) electrons. The van der Waals surface area contributed by atoms with Crippen molar-refractivity contribution >= 4 is 45.7 Å². The van der Waals surface area contributed by atoms with Crippen LogP contribution in [0.5, 0.6) is 0 Å². The van der Waals surface area contributed by atoms with E-state index in [4.69, 9.17) is 17.2 Å². The SMILES string of the molecule is CCC(=O)N[B](NC(=O)CC)[Hf]([Cl])([Cl])([CH]1C(C(C)(C)C)=Cc2c(-c3ccccc3C(F)(F)F)cccc21)[CH]1C(C(C)(C)C)=Cc2c(-c3ccccc3C(F)(F)F)cccc21. The van der Waals surface area contributed by atoms with Crippen LogP contribution < -0.4 is 10.5 Å². The van der Waals surface area contributed by atoms with Crippen LogP contribution in [-0.4, -0.2) is 16.4 Å². The van der Waals surface area contributed by atoms with Crippen molar-refractivity contribution in [2.45, 2.75) is 87.9 Å². The van der Waals surface area contributed by atoms with E-state index in [0.29, 0.717) is 44.5 Å². The van der Waals surface area contributed by atoms with Crippen LogP contribution in [0, 0.1) is 10.8 Å². The Kier molecular flexibility index (Phi) is 12.2. The van der Waals surface area contributed by atoms with Gasteiger partial charge in [-0.3, -0.25) is 0 Å². The van der Waals surface area contributed by atoms with E-state index in [1.54, 1.807) is 62.4 Å². The van der Waals surface area contributed by atoms with Crippen molar-refractivity contribution in [3.8, 4) is 22.3 Å². The predicted molar refractivity (Wildman–Crippen MR) is 228 cm³/mol. The number of carbonyl (C=O) groups excluding carboxylic acids is 2. The van der Waals surface area contributed by atoms with Crippen LogP contribution in [0.15, 0.2) is 96.1 Å². The van der Waals surface area contributed by atoms with E-state index >= 15 is 0 Å². The molecule has 6 rings (SSSR count). The summed E-state index contributed by atoms with van der Waals surface area (Å²) in [7, 11) is 17.5. The van der Waals surface area contributed by atoms with E-state index in [9.17, 15) is 35.9 Å². The number of allylic oxidation sites excluding steroid dienone is 2. The predicted octanol–water partition coefficient (Wildman–Crippen LogP) is 13.8. The average molecular weight is 1040 g/mol. The molecule has 2 unspecified atom stereocenters. The molecule has 0 fully saturated rings. The average Bonchev–Trinajstić information content (AvgIpc) is 3.79. The second-order valence-corrected chi connectivity index (χ2v) is 48.2. The molecule has 0 saturated heterocycles. The van der Waals surface area contributed by atoms with Gasteiger partial charge in [0.05, 0.1) is 0 Å². The van der Waals surface area contributed by atoms with E-state index in [1.165, 1.54) is 24.3 Å². The Hall–Kier alpha value is -3.60. The van der Waals surface area contributed by atoms with Gasteiger partial charge in [0.15, 0.2) is 0 Å². The second-order valence-electron chi connectivity index (χ2n) is 17.8. The van der Waals surface area contributed by atoms with Crippen LogP contribution in [0.3, 0.4) is 0 Å². The van der Waals surface area contributed by atoms with Crippen LogP contribution in [0.25, 0.3) is 34.4 Å².